The van der Waals surface area contributed by atoms with E-state index in [4.69, 9.17) is 9.72 Å². The summed E-state index contributed by atoms with van der Waals surface area (Å²) in [5.41, 5.74) is 3.60. The van der Waals surface area contributed by atoms with Crippen molar-refractivity contribution in [3.8, 4) is 5.88 Å². The molecule has 1 fully saturated rings. The van der Waals surface area contributed by atoms with Crippen LogP contribution in [0.4, 0.5) is 16.3 Å². The van der Waals surface area contributed by atoms with Crippen molar-refractivity contribution in [2.75, 3.05) is 50.0 Å². The highest BCUT2D eigenvalue weighted by molar-refractivity contribution is 5.78. The maximum Gasteiger partial charge on any atom is 0.320 e. The zero-order valence-electron chi connectivity index (χ0n) is 19.1. The van der Waals surface area contributed by atoms with Crippen LogP contribution >= 0.6 is 0 Å². The average Bonchev–Trinajstić information content (AvgIpc) is 3.22. The zero-order chi connectivity index (χ0) is 23.5. The molecule has 1 atom stereocenters. The van der Waals surface area contributed by atoms with Crippen LogP contribution in [0, 0.1) is 0 Å². The molecule has 0 radical (unpaired) electrons. The molecule has 10 heteroatoms. The third kappa shape index (κ3) is 4.71. The highest BCUT2D eigenvalue weighted by Crippen LogP contribution is 2.32. The summed E-state index contributed by atoms with van der Waals surface area (Å²) in [6.45, 7) is 3.79. The van der Waals surface area contributed by atoms with Gasteiger partial charge in [0.05, 0.1) is 23.8 Å². The van der Waals surface area contributed by atoms with Crippen LogP contribution in [0.25, 0.3) is 0 Å². The van der Waals surface area contributed by atoms with E-state index in [0.717, 1.165) is 49.4 Å². The Bertz CT molecular complexity index is 1080. The van der Waals surface area contributed by atoms with Crippen molar-refractivity contribution in [3.63, 3.8) is 0 Å². The van der Waals surface area contributed by atoms with Crippen LogP contribution in [0.1, 0.15) is 42.3 Å². The van der Waals surface area contributed by atoms with Crippen LogP contribution < -0.4 is 15.4 Å². The SMILES string of the molecule is O=C(O)CC(c1ccc2c(n1)OCCN2)N1CCN(CCCc2ccc3c(n2)NCCC3)C1=O. The third-order valence-corrected chi connectivity index (χ3v) is 6.56. The number of aliphatic carboxylic acids is 1. The van der Waals surface area contributed by atoms with Crippen LogP contribution in [-0.4, -0.2) is 76.2 Å². The predicted molar refractivity (Wildman–Crippen MR) is 126 cm³/mol. The predicted octanol–water partition coefficient (Wildman–Crippen LogP) is 2.53. The lowest BCUT2D eigenvalue weighted by molar-refractivity contribution is -0.138. The molecule has 0 aromatic carbocycles. The van der Waals surface area contributed by atoms with E-state index in [0.29, 0.717) is 44.4 Å². The second-order valence-corrected chi connectivity index (χ2v) is 8.88. The van der Waals surface area contributed by atoms with E-state index >= 15 is 0 Å². The molecule has 2 aromatic rings. The van der Waals surface area contributed by atoms with Gasteiger partial charge in [-0.2, -0.15) is 0 Å². The largest absolute Gasteiger partial charge is 0.481 e. The minimum atomic E-state index is -0.970. The number of carbonyl (C=O) groups excluding carboxylic acids is 1. The standard InChI is InChI=1S/C24H30N6O4/c31-21(32)15-20(18-7-8-19-23(28-18)34-14-10-25-19)30-13-12-29(24(30)33)11-2-4-17-6-5-16-3-1-9-26-22(16)27-17/h5-8,20,25H,1-4,9-15H2,(H,26,27)(H,31,32). The molecule has 1 unspecified atom stereocenters. The maximum absolute atomic E-state index is 13.2. The molecule has 5 rings (SSSR count). The lowest BCUT2D eigenvalue weighted by Crippen LogP contribution is -2.36. The summed E-state index contributed by atoms with van der Waals surface area (Å²) in [7, 11) is 0. The number of carbonyl (C=O) groups is 2. The Balaban J connectivity index is 1.22. The first-order valence-corrected chi connectivity index (χ1v) is 12.0. The number of urea groups is 1. The third-order valence-electron chi connectivity index (χ3n) is 6.56. The number of fused-ring (bicyclic) bond motifs is 2. The topological polar surface area (TPSA) is 120 Å². The van der Waals surface area contributed by atoms with Gasteiger partial charge in [-0.15, -0.1) is 0 Å². The van der Waals surface area contributed by atoms with Gasteiger partial charge in [0.2, 0.25) is 5.88 Å². The first kappa shape index (κ1) is 22.2. The van der Waals surface area contributed by atoms with Crippen molar-refractivity contribution in [1.29, 1.82) is 0 Å². The Labute approximate surface area is 198 Å². The van der Waals surface area contributed by atoms with Gasteiger partial charge in [-0.25, -0.2) is 14.8 Å². The number of nitrogens with zero attached hydrogens (tertiary/aromatic N) is 4. The molecular weight excluding hydrogens is 436 g/mol. The summed E-state index contributed by atoms with van der Waals surface area (Å²) in [4.78, 5) is 37.5. The number of hydrogen-bond acceptors (Lipinski definition) is 7. The van der Waals surface area contributed by atoms with Gasteiger partial charge in [0, 0.05) is 38.4 Å². The van der Waals surface area contributed by atoms with Crippen molar-refractivity contribution in [2.24, 2.45) is 0 Å². The van der Waals surface area contributed by atoms with Crippen molar-refractivity contribution in [2.45, 2.75) is 38.1 Å². The Morgan fingerprint density at radius 1 is 1.15 bits per heavy atom. The molecule has 5 heterocycles. The van der Waals surface area contributed by atoms with Crippen LogP contribution in [-0.2, 0) is 17.6 Å². The van der Waals surface area contributed by atoms with E-state index in [1.165, 1.54) is 5.56 Å². The van der Waals surface area contributed by atoms with Crippen LogP contribution in [0.15, 0.2) is 24.3 Å². The van der Waals surface area contributed by atoms with E-state index in [1.807, 2.05) is 6.07 Å². The highest BCUT2D eigenvalue weighted by Gasteiger charge is 2.36. The van der Waals surface area contributed by atoms with Crippen LogP contribution in [0.5, 0.6) is 5.88 Å². The molecule has 0 bridgehead atoms. The lowest BCUT2D eigenvalue weighted by Gasteiger charge is -2.28. The molecular formula is C24H30N6O4. The fraction of sp³-hybridized carbons (Fsp3) is 0.500. The van der Waals surface area contributed by atoms with Crippen molar-refractivity contribution < 1.29 is 19.4 Å². The fourth-order valence-corrected chi connectivity index (χ4v) is 4.82. The number of carboxylic acid groups (broad SMARTS) is 1. The Kier molecular flexibility index (Phi) is 6.37. The van der Waals surface area contributed by atoms with E-state index in [9.17, 15) is 14.7 Å². The van der Waals surface area contributed by atoms with Gasteiger partial charge in [0.25, 0.3) is 0 Å². The fourth-order valence-electron chi connectivity index (χ4n) is 4.82. The Morgan fingerprint density at radius 3 is 2.94 bits per heavy atom. The molecule has 2 amide bonds. The van der Waals surface area contributed by atoms with E-state index in [1.54, 1.807) is 15.9 Å². The Hall–Kier alpha value is -3.56. The normalized spacial score (nSPS) is 17.8. The molecule has 10 nitrogen and oxygen atoms in total. The van der Waals surface area contributed by atoms with Gasteiger partial charge < -0.3 is 30.3 Å². The highest BCUT2D eigenvalue weighted by atomic mass is 16.5. The number of aromatic nitrogens is 2. The molecule has 2 aromatic heterocycles. The van der Waals surface area contributed by atoms with Crippen LogP contribution in [0.2, 0.25) is 0 Å². The number of ether oxygens (including phenoxy) is 1. The number of aryl methyl sites for hydroxylation is 2. The molecule has 0 saturated carbocycles. The minimum absolute atomic E-state index is 0.148. The molecule has 1 saturated heterocycles. The van der Waals surface area contributed by atoms with Gasteiger partial charge in [0.1, 0.15) is 12.4 Å². The summed E-state index contributed by atoms with van der Waals surface area (Å²) in [6, 6.07) is 7.05. The second-order valence-electron chi connectivity index (χ2n) is 8.88. The molecule has 0 aliphatic carbocycles. The quantitative estimate of drug-likeness (QED) is 0.543. The van der Waals surface area contributed by atoms with Crippen molar-refractivity contribution in [3.05, 3.63) is 41.2 Å². The first-order valence-electron chi connectivity index (χ1n) is 12.0. The van der Waals surface area contributed by atoms with Crippen LogP contribution in [0.3, 0.4) is 0 Å². The molecule has 3 aliphatic rings. The molecule has 0 spiro atoms. The summed E-state index contributed by atoms with van der Waals surface area (Å²) >= 11 is 0. The van der Waals surface area contributed by atoms with Gasteiger partial charge in [0.15, 0.2) is 0 Å². The lowest BCUT2D eigenvalue weighted by atomic mass is 10.1. The van der Waals surface area contributed by atoms with E-state index in [-0.39, 0.29) is 12.5 Å². The number of hydrogen-bond donors (Lipinski definition) is 3. The van der Waals surface area contributed by atoms with Gasteiger partial charge >= 0.3 is 12.0 Å². The maximum atomic E-state index is 13.2. The number of amides is 2. The minimum Gasteiger partial charge on any atom is -0.481 e. The van der Waals surface area contributed by atoms with Crippen molar-refractivity contribution >= 4 is 23.5 Å². The summed E-state index contributed by atoms with van der Waals surface area (Å²) in [5.74, 6) is 0.469. The zero-order valence-corrected chi connectivity index (χ0v) is 19.1. The molecule has 34 heavy (non-hydrogen) atoms. The van der Waals surface area contributed by atoms with E-state index in [2.05, 4.69) is 27.8 Å². The molecule has 3 N–H and O–H groups in total. The smallest absolute Gasteiger partial charge is 0.320 e. The second kappa shape index (κ2) is 9.74. The van der Waals surface area contributed by atoms with Crippen molar-refractivity contribution in [1.82, 2.24) is 19.8 Å². The molecule has 3 aliphatic heterocycles. The Morgan fingerprint density at radius 2 is 2.06 bits per heavy atom. The van der Waals surface area contributed by atoms with Gasteiger partial charge in [-0.3, -0.25) is 4.79 Å². The van der Waals surface area contributed by atoms with Gasteiger partial charge in [-0.1, -0.05) is 6.07 Å². The summed E-state index contributed by atoms with van der Waals surface area (Å²) < 4.78 is 5.61. The van der Waals surface area contributed by atoms with Gasteiger partial charge in [-0.05, 0) is 49.4 Å². The number of anilines is 2. The van der Waals surface area contributed by atoms with E-state index < -0.39 is 12.0 Å². The number of carboxylic acids is 1. The monoisotopic (exact) mass is 466 g/mol. The molecule has 180 valence electrons. The first-order chi connectivity index (χ1) is 16.6. The summed E-state index contributed by atoms with van der Waals surface area (Å²) in [5, 5.41) is 16.1. The summed E-state index contributed by atoms with van der Waals surface area (Å²) in [6.07, 6.45) is 3.58. The number of nitrogens with one attached hydrogen (secondary N) is 2. The number of rotatable bonds is 8. The average molecular weight is 467 g/mol. The number of pyridine rings is 2.